The van der Waals surface area contributed by atoms with E-state index in [0.717, 1.165) is 20.4 Å². The van der Waals surface area contributed by atoms with Crippen LogP contribution in [0.25, 0.3) is 33.5 Å². The van der Waals surface area contributed by atoms with Crippen molar-refractivity contribution < 1.29 is 110 Å². The summed E-state index contributed by atoms with van der Waals surface area (Å²) < 4.78 is 193. The molecule has 30 nitrogen and oxygen atoms in total. The number of fused-ring (bicyclic) bond motifs is 3. The van der Waals surface area contributed by atoms with Crippen LogP contribution in [-0.2, 0) is 61.1 Å². The standard InChI is InChI=1S/C19H20F6N5O5PS.C17H19F3N5O5PS.C15H18N5O5PS/c1-32-12-2-4-13(5-3-12)37-16-14-15(28-17(26)29-16)30(10-27-14)6-7-33-11-36(31,34-8-18(20,21)22)35-9-19(23,24)25;1-28-11-2-4-12(5-3-11)32-15-13-14(23-16(21)24-15)25(9-22-13)6-7-29-10-31(26,27)30-8-17(18,19)20;1-24-10-2-4-11(5-3-10)27-14-12-13(18-15(16)19-14)20(8-17-12)6-7-25-9-26(21,22)23/h2-5,10H,6-9,11H2,1H3,(H2,26,28,29);2-5,9H,6-8,10H2,1H3,(H,26,27)(H2,21,23,24);2-5,8H,6-7,9H2,1H3,(H2,16,18,19)(H2,21,22,23). The molecule has 522 valence electrons. The van der Waals surface area contributed by atoms with Crippen molar-refractivity contribution in [2.45, 2.75) is 67.9 Å². The Balaban J connectivity index is 0.000000206. The molecule has 0 amide bonds. The smallest absolute Gasteiger partial charge is 0.412 e. The molecule has 6 aromatic heterocycles. The molecule has 9 aromatic rings. The van der Waals surface area contributed by atoms with Crippen LogP contribution in [0.15, 0.2) is 122 Å². The van der Waals surface area contributed by atoms with E-state index in [9.17, 15) is 58.1 Å². The van der Waals surface area contributed by atoms with Gasteiger partial charge >= 0.3 is 41.3 Å². The average molecular weight is 1480 g/mol. The van der Waals surface area contributed by atoms with E-state index in [-0.39, 0.29) is 50.8 Å². The minimum atomic E-state index is -4.94. The molecule has 9 rings (SSSR count). The first-order valence-corrected chi connectivity index (χ1v) is 34.7. The zero-order valence-corrected chi connectivity index (χ0v) is 55.1. The van der Waals surface area contributed by atoms with Crippen LogP contribution in [0.5, 0.6) is 17.2 Å². The van der Waals surface area contributed by atoms with E-state index in [1.165, 1.54) is 59.6 Å². The van der Waals surface area contributed by atoms with E-state index in [1.807, 2.05) is 36.4 Å². The number of hydrogen-bond acceptors (Lipinski definition) is 27. The molecule has 1 unspecified atom stereocenters. The van der Waals surface area contributed by atoms with Crippen LogP contribution in [0.4, 0.5) is 57.4 Å². The first-order chi connectivity index (χ1) is 45.2. The highest BCUT2D eigenvalue weighted by Gasteiger charge is 2.39. The lowest BCUT2D eigenvalue weighted by Gasteiger charge is -2.20. The number of benzene rings is 3. The van der Waals surface area contributed by atoms with Crippen molar-refractivity contribution in [1.29, 1.82) is 0 Å². The SMILES string of the molecule is COc1ccc(Sc2nc(N)nc3c2ncn3CCOCP(=O)(O)O)cc1.COc1ccc(Sc2nc(N)nc3c2ncn3CCOCP(=O)(O)OCC(F)(F)F)cc1.COc1ccc(Sc2nc(N)nc3c2ncn3CCOCP(=O)(OCC(F)(F)F)OCC(F)(F)F)cc1. The largest absolute Gasteiger partial charge is 0.497 e. The number of nitrogens with zero attached hydrogens (tertiary/aromatic N) is 12. The molecule has 0 saturated heterocycles. The van der Waals surface area contributed by atoms with Crippen LogP contribution >= 0.6 is 58.1 Å². The second-order valence-electron chi connectivity index (χ2n) is 19.0. The van der Waals surface area contributed by atoms with Crippen LogP contribution in [0, 0.1) is 0 Å². The van der Waals surface area contributed by atoms with Gasteiger partial charge in [0.15, 0.2) is 36.8 Å². The minimum absolute atomic E-state index is 0.0157. The van der Waals surface area contributed by atoms with E-state index < -0.39 is 80.2 Å². The molecule has 0 aliphatic heterocycles. The molecule has 3 aromatic carbocycles. The van der Waals surface area contributed by atoms with Gasteiger partial charge in [0.05, 0.1) is 60.1 Å². The highest BCUT2D eigenvalue weighted by molar-refractivity contribution is 8.00. The van der Waals surface area contributed by atoms with Crippen LogP contribution < -0.4 is 31.4 Å². The van der Waals surface area contributed by atoms with Crippen molar-refractivity contribution >= 4 is 109 Å². The number of halogens is 9. The third-order valence-corrected chi connectivity index (χ3v) is 17.7. The van der Waals surface area contributed by atoms with Gasteiger partial charge in [-0.05, 0) is 72.8 Å². The van der Waals surface area contributed by atoms with Crippen LogP contribution in [0.3, 0.4) is 0 Å². The molecule has 96 heavy (non-hydrogen) atoms. The second kappa shape index (κ2) is 33.9. The summed E-state index contributed by atoms with van der Waals surface area (Å²) in [6, 6.07) is 21.9. The fraction of sp³-hybridized carbons (Fsp3) is 0.353. The third kappa shape index (κ3) is 24.7. The predicted octanol–water partition coefficient (Wildman–Crippen LogP) is 9.92. The van der Waals surface area contributed by atoms with Gasteiger partial charge in [0.2, 0.25) is 17.8 Å². The number of ether oxygens (including phenoxy) is 6. The van der Waals surface area contributed by atoms with Crippen molar-refractivity contribution in [3.05, 3.63) is 91.8 Å². The Morgan fingerprint density at radius 2 is 0.729 bits per heavy atom. The van der Waals surface area contributed by atoms with Gasteiger partial charge in [0.1, 0.15) is 67.9 Å². The molecule has 0 bridgehead atoms. The Hall–Kier alpha value is -7.14. The molecule has 0 aliphatic rings. The van der Waals surface area contributed by atoms with Crippen LogP contribution in [0.2, 0.25) is 0 Å². The van der Waals surface area contributed by atoms with Crippen LogP contribution in [-0.4, -0.2) is 172 Å². The number of alkyl halides is 9. The maximum Gasteiger partial charge on any atom is 0.412 e. The average Bonchev–Trinajstić information content (AvgIpc) is 1.64. The molecule has 0 aliphatic carbocycles. The van der Waals surface area contributed by atoms with Gasteiger partial charge in [-0.2, -0.15) is 54.5 Å². The summed E-state index contributed by atoms with van der Waals surface area (Å²) in [7, 11) is -8.87. The van der Waals surface area contributed by atoms with E-state index in [2.05, 4.69) is 58.4 Å². The normalized spacial score (nSPS) is 12.9. The number of nitrogen functional groups attached to an aromatic ring is 3. The maximum absolute atomic E-state index is 12.4. The molecule has 6 heterocycles. The van der Waals surface area contributed by atoms with Gasteiger partial charge in [0.25, 0.3) is 0 Å². The first-order valence-electron chi connectivity index (χ1n) is 26.9. The lowest BCUT2D eigenvalue weighted by Crippen LogP contribution is -2.21. The van der Waals surface area contributed by atoms with Crippen molar-refractivity contribution in [3.63, 3.8) is 0 Å². The van der Waals surface area contributed by atoms with E-state index in [0.29, 0.717) is 66.6 Å². The Labute approximate surface area is 549 Å². The first kappa shape index (κ1) is 76.2. The highest BCUT2D eigenvalue weighted by atomic mass is 32.2. The Morgan fingerprint density at radius 1 is 0.438 bits per heavy atom. The summed E-state index contributed by atoms with van der Waals surface area (Å²) in [6.45, 7) is -5.81. The number of nitrogens with two attached hydrogens (primary N) is 3. The van der Waals surface area contributed by atoms with Crippen molar-refractivity contribution in [1.82, 2.24) is 58.6 Å². The maximum atomic E-state index is 12.4. The van der Waals surface area contributed by atoms with Gasteiger partial charge in [-0.3, -0.25) is 27.3 Å². The topological polar surface area (TPSA) is 404 Å². The number of anilines is 3. The van der Waals surface area contributed by atoms with Crippen molar-refractivity contribution in [3.8, 4) is 17.2 Å². The molecule has 0 fully saturated rings. The fourth-order valence-electron chi connectivity index (χ4n) is 7.47. The van der Waals surface area contributed by atoms with Gasteiger partial charge in [-0.1, -0.05) is 35.3 Å². The number of imidazole rings is 3. The molecule has 1 atom stereocenters. The lowest BCUT2D eigenvalue weighted by atomic mass is 10.3. The summed E-state index contributed by atoms with van der Waals surface area (Å²) in [4.78, 5) is 67.8. The number of methoxy groups -OCH3 is 3. The summed E-state index contributed by atoms with van der Waals surface area (Å²) in [5.74, 6) is 2.20. The quantitative estimate of drug-likeness (QED) is 0.0105. The zero-order chi connectivity index (χ0) is 70.1. The monoisotopic (exact) mass is 1480 g/mol. The molecule has 0 saturated carbocycles. The predicted molar refractivity (Wildman–Crippen MR) is 329 cm³/mol. The molecule has 0 spiro atoms. The summed E-state index contributed by atoms with van der Waals surface area (Å²) in [6.07, 6.45) is -12.8. The van der Waals surface area contributed by atoms with Crippen LogP contribution in [0.1, 0.15) is 0 Å². The van der Waals surface area contributed by atoms with E-state index in [4.69, 9.17) is 55.4 Å². The third-order valence-electron chi connectivity index (χ3n) is 11.6. The number of rotatable bonds is 30. The number of hydrogen-bond donors (Lipinski definition) is 6. The van der Waals surface area contributed by atoms with Gasteiger partial charge in [-0.15, -0.1) is 0 Å². The van der Waals surface area contributed by atoms with Crippen molar-refractivity contribution in [2.24, 2.45) is 0 Å². The zero-order valence-electron chi connectivity index (χ0n) is 50.0. The Kier molecular flexibility index (Phi) is 26.9. The molecular formula is C51H57F9N15O15P3S3. The van der Waals surface area contributed by atoms with Gasteiger partial charge in [0, 0.05) is 34.3 Å². The summed E-state index contributed by atoms with van der Waals surface area (Å²) >= 11 is 3.99. The summed E-state index contributed by atoms with van der Waals surface area (Å²) in [5.41, 5.74) is 20.2. The molecule has 45 heteroatoms. The van der Waals surface area contributed by atoms with Gasteiger partial charge in [-0.25, -0.2) is 29.9 Å². The summed E-state index contributed by atoms with van der Waals surface area (Å²) in [5, 5.41) is 1.58. The highest BCUT2D eigenvalue weighted by Crippen LogP contribution is 2.50. The molecule has 9 N–H and O–H groups in total. The molecular weight excluding hydrogens is 1420 g/mol. The number of aromatic nitrogens is 12. The van der Waals surface area contributed by atoms with E-state index >= 15 is 0 Å². The Morgan fingerprint density at radius 3 is 1.02 bits per heavy atom. The van der Waals surface area contributed by atoms with Crippen molar-refractivity contribution in [2.75, 3.05) is 97.2 Å². The minimum Gasteiger partial charge on any atom is -0.497 e. The Bertz CT molecular complexity index is 4140. The molecule has 0 radical (unpaired) electrons. The fourth-order valence-corrected chi connectivity index (χ4v) is 12.5. The second-order valence-corrected chi connectivity index (χ2v) is 27.6. The van der Waals surface area contributed by atoms with Gasteiger partial charge < -0.3 is 74.0 Å². The van der Waals surface area contributed by atoms with E-state index in [1.54, 1.807) is 66.1 Å². The lowest BCUT2D eigenvalue weighted by molar-refractivity contribution is -0.166.